The molecule has 0 saturated carbocycles. The molecule has 1 aromatic rings. The summed E-state index contributed by atoms with van der Waals surface area (Å²) in [5.41, 5.74) is 1.01. The molecule has 4 nitrogen and oxygen atoms in total. The van der Waals surface area contributed by atoms with Gasteiger partial charge in [-0.25, -0.2) is 10.1 Å². The Labute approximate surface area is 95.2 Å². The molecule has 0 bridgehead atoms. The van der Waals surface area contributed by atoms with E-state index in [1.165, 1.54) is 0 Å². The zero-order valence-electron chi connectivity index (χ0n) is 9.13. The van der Waals surface area contributed by atoms with E-state index < -0.39 is 0 Å². The van der Waals surface area contributed by atoms with E-state index in [4.69, 9.17) is 4.74 Å². The molecule has 1 heterocycles. The molecule has 1 aliphatic heterocycles. The maximum Gasteiger partial charge on any atom is 0.410 e. The predicted molar refractivity (Wildman–Crippen MR) is 60.1 cm³/mol. The molecule has 1 fully saturated rings. The SMILES string of the molecule is O=C(OCc1ccccc1)N1CC[N]CC1. The Balaban J connectivity index is 1.79. The van der Waals surface area contributed by atoms with E-state index in [1.807, 2.05) is 30.3 Å². The number of hydrogen-bond acceptors (Lipinski definition) is 2. The fourth-order valence-corrected chi connectivity index (χ4v) is 1.60. The van der Waals surface area contributed by atoms with E-state index >= 15 is 0 Å². The summed E-state index contributed by atoms with van der Waals surface area (Å²) in [5, 5.41) is 4.18. The number of piperazine rings is 1. The van der Waals surface area contributed by atoms with Crippen LogP contribution in [0.1, 0.15) is 5.56 Å². The Kier molecular flexibility index (Phi) is 3.77. The predicted octanol–water partition coefficient (Wildman–Crippen LogP) is 1.24. The third-order valence-electron chi connectivity index (χ3n) is 2.52. The van der Waals surface area contributed by atoms with Crippen LogP contribution in [0, 0.1) is 0 Å². The fraction of sp³-hybridized carbons (Fsp3) is 0.417. The van der Waals surface area contributed by atoms with Crippen LogP contribution >= 0.6 is 0 Å². The highest BCUT2D eigenvalue weighted by molar-refractivity contribution is 5.67. The largest absolute Gasteiger partial charge is 0.445 e. The van der Waals surface area contributed by atoms with E-state index in [0.29, 0.717) is 19.7 Å². The van der Waals surface area contributed by atoms with Crippen LogP contribution in [0.4, 0.5) is 4.79 Å². The molecule has 16 heavy (non-hydrogen) atoms. The van der Waals surface area contributed by atoms with Gasteiger partial charge in [-0.3, -0.25) is 0 Å². The molecule has 0 aromatic heterocycles. The van der Waals surface area contributed by atoms with Crippen LogP contribution in [-0.4, -0.2) is 37.2 Å². The summed E-state index contributed by atoms with van der Waals surface area (Å²) < 4.78 is 5.21. The quantitative estimate of drug-likeness (QED) is 0.751. The molecule has 1 aliphatic rings. The van der Waals surface area contributed by atoms with Gasteiger partial charge in [-0.1, -0.05) is 30.3 Å². The van der Waals surface area contributed by atoms with E-state index in [1.54, 1.807) is 4.90 Å². The molecular weight excluding hydrogens is 204 g/mol. The second kappa shape index (κ2) is 5.51. The molecule has 4 heteroatoms. The standard InChI is InChI=1S/C12H15N2O2/c15-12(14-8-6-13-7-9-14)16-10-11-4-2-1-3-5-11/h1-5H,6-10H2. The lowest BCUT2D eigenvalue weighted by Gasteiger charge is -2.25. The lowest BCUT2D eigenvalue weighted by atomic mass is 10.2. The highest BCUT2D eigenvalue weighted by Crippen LogP contribution is 2.04. The van der Waals surface area contributed by atoms with Crippen molar-refractivity contribution >= 4 is 6.09 Å². The molecule has 1 radical (unpaired) electrons. The van der Waals surface area contributed by atoms with Gasteiger partial charge in [-0.15, -0.1) is 0 Å². The normalized spacial score (nSPS) is 15.9. The van der Waals surface area contributed by atoms with Gasteiger partial charge in [0.05, 0.1) is 0 Å². The number of carbonyl (C=O) groups excluding carboxylic acids is 1. The molecule has 0 atom stereocenters. The Morgan fingerprint density at radius 3 is 2.62 bits per heavy atom. The number of benzene rings is 1. The van der Waals surface area contributed by atoms with Crippen LogP contribution < -0.4 is 5.32 Å². The highest BCUT2D eigenvalue weighted by Gasteiger charge is 2.17. The van der Waals surface area contributed by atoms with E-state index in [-0.39, 0.29) is 6.09 Å². The van der Waals surface area contributed by atoms with Crippen molar-refractivity contribution < 1.29 is 9.53 Å². The van der Waals surface area contributed by atoms with Crippen LogP contribution in [0.15, 0.2) is 30.3 Å². The zero-order chi connectivity index (χ0) is 11.2. The van der Waals surface area contributed by atoms with Gasteiger partial charge < -0.3 is 9.64 Å². The lowest BCUT2D eigenvalue weighted by Crippen LogP contribution is -2.43. The summed E-state index contributed by atoms with van der Waals surface area (Å²) in [6.07, 6.45) is -0.237. The summed E-state index contributed by atoms with van der Waals surface area (Å²) in [6, 6.07) is 9.70. The number of amides is 1. The second-order valence-corrected chi connectivity index (χ2v) is 3.70. The van der Waals surface area contributed by atoms with E-state index in [9.17, 15) is 4.79 Å². The maximum atomic E-state index is 11.6. The van der Waals surface area contributed by atoms with Crippen molar-refractivity contribution in [3.63, 3.8) is 0 Å². The van der Waals surface area contributed by atoms with Crippen molar-refractivity contribution in [1.82, 2.24) is 10.2 Å². The summed E-state index contributed by atoms with van der Waals surface area (Å²) in [6.45, 7) is 3.13. The number of nitrogens with zero attached hydrogens (tertiary/aromatic N) is 2. The summed E-state index contributed by atoms with van der Waals surface area (Å²) >= 11 is 0. The molecule has 2 rings (SSSR count). The van der Waals surface area contributed by atoms with E-state index in [0.717, 1.165) is 18.7 Å². The van der Waals surface area contributed by atoms with Gasteiger partial charge in [-0.2, -0.15) is 0 Å². The minimum absolute atomic E-state index is 0.237. The molecule has 0 spiro atoms. The molecule has 1 aromatic carbocycles. The van der Waals surface area contributed by atoms with Gasteiger partial charge in [0.15, 0.2) is 0 Å². The summed E-state index contributed by atoms with van der Waals surface area (Å²) in [4.78, 5) is 13.3. The lowest BCUT2D eigenvalue weighted by molar-refractivity contribution is 0.0915. The van der Waals surface area contributed by atoms with Crippen LogP contribution in [0.25, 0.3) is 0 Å². The van der Waals surface area contributed by atoms with Gasteiger partial charge in [-0.05, 0) is 5.56 Å². The Bertz CT molecular complexity index is 334. The smallest absolute Gasteiger partial charge is 0.410 e. The first-order valence-electron chi connectivity index (χ1n) is 5.45. The van der Waals surface area contributed by atoms with Crippen LogP contribution in [0.5, 0.6) is 0 Å². The number of rotatable bonds is 2. The number of ether oxygens (including phenoxy) is 1. The second-order valence-electron chi connectivity index (χ2n) is 3.70. The molecule has 1 saturated heterocycles. The van der Waals surface area contributed by atoms with Crippen LogP contribution in [0.3, 0.4) is 0 Å². The number of carbonyl (C=O) groups is 1. The summed E-state index contributed by atoms with van der Waals surface area (Å²) in [5.74, 6) is 0. The minimum atomic E-state index is -0.237. The van der Waals surface area contributed by atoms with Gasteiger partial charge in [0.2, 0.25) is 0 Å². The first-order valence-corrected chi connectivity index (χ1v) is 5.45. The van der Waals surface area contributed by atoms with Gasteiger partial charge >= 0.3 is 6.09 Å². The van der Waals surface area contributed by atoms with Gasteiger partial charge in [0, 0.05) is 26.2 Å². The minimum Gasteiger partial charge on any atom is -0.445 e. The molecule has 0 unspecified atom stereocenters. The average Bonchev–Trinajstić information content (AvgIpc) is 2.38. The Morgan fingerprint density at radius 2 is 1.94 bits per heavy atom. The highest BCUT2D eigenvalue weighted by atomic mass is 16.6. The van der Waals surface area contributed by atoms with Gasteiger partial charge in [0.1, 0.15) is 6.61 Å². The molecule has 85 valence electrons. The monoisotopic (exact) mass is 219 g/mol. The molecule has 0 aliphatic carbocycles. The zero-order valence-corrected chi connectivity index (χ0v) is 9.13. The topological polar surface area (TPSA) is 43.6 Å². The summed E-state index contributed by atoms with van der Waals surface area (Å²) in [7, 11) is 0. The van der Waals surface area contributed by atoms with Crippen LogP contribution in [0.2, 0.25) is 0 Å². The van der Waals surface area contributed by atoms with Crippen molar-refractivity contribution in [2.75, 3.05) is 26.2 Å². The van der Waals surface area contributed by atoms with E-state index in [2.05, 4.69) is 5.32 Å². The third-order valence-corrected chi connectivity index (χ3v) is 2.52. The molecular formula is C12H15N2O2. The maximum absolute atomic E-state index is 11.6. The van der Waals surface area contributed by atoms with Crippen molar-refractivity contribution in [2.45, 2.75) is 6.61 Å². The van der Waals surface area contributed by atoms with Crippen molar-refractivity contribution in [3.8, 4) is 0 Å². The van der Waals surface area contributed by atoms with Crippen molar-refractivity contribution in [1.29, 1.82) is 0 Å². The Hall–Kier alpha value is -1.55. The molecule has 1 amide bonds. The third kappa shape index (κ3) is 2.97. The molecule has 0 N–H and O–H groups in total. The average molecular weight is 219 g/mol. The first-order chi connectivity index (χ1) is 7.86. The first kappa shape index (κ1) is 11.0. The number of hydrogen-bond donors (Lipinski definition) is 0. The fourth-order valence-electron chi connectivity index (χ4n) is 1.60. The Morgan fingerprint density at radius 1 is 1.25 bits per heavy atom. The van der Waals surface area contributed by atoms with Gasteiger partial charge in [0.25, 0.3) is 0 Å². The van der Waals surface area contributed by atoms with Crippen LogP contribution in [-0.2, 0) is 11.3 Å². The van der Waals surface area contributed by atoms with Crippen molar-refractivity contribution in [2.24, 2.45) is 0 Å². The van der Waals surface area contributed by atoms with Crippen molar-refractivity contribution in [3.05, 3.63) is 35.9 Å².